The first-order valence-corrected chi connectivity index (χ1v) is 11.2. The molecule has 0 aliphatic heterocycles. The van der Waals surface area contributed by atoms with Gasteiger partial charge in [0.1, 0.15) is 10.6 Å². The number of phenolic OH excluding ortho intramolecular Hbond substituents is 1. The second-order valence-electron chi connectivity index (χ2n) is 6.98. The number of phenols is 1. The summed E-state index contributed by atoms with van der Waals surface area (Å²) in [5.41, 5.74) is 0. The summed E-state index contributed by atoms with van der Waals surface area (Å²) in [6.45, 7) is 4.84. The SMILES string of the molecule is CCCCC(CC)CCCCNS(=O)(=O)c1cc2ccccc2cc1O. The summed E-state index contributed by atoms with van der Waals surface area (Å²) >= 11 is 0. The van der Waals surface area contributed by atoms with Crippen molar-refractivity contribution in [2.75, 3.05) is 6.54 Å². The normalized spacial score (nSPS) is 13.2. The van der Waals surface area contributed by atoms with Crippen LogP contribution in [0.2, 0.25) is 0 Å². The maximum Gasteiger partial charge on any atom is 0.244 e. The lowest BCUT2D eigenvalue weighted by Gasteiger charge is -2.14. The number of aromatic hydroxyl groups is 1. The highest BCUT2D eigenvalue weighted by atomic mass is 32.2. The molecule has 0 radical (unpaired) electrons. The number of sulfonamides is 1. The van der Waals surface area contributed by atoms with Crippen LogP contribution in [0, 0.1) is 5.92 Å². The van der Waals surface area contributed by atoms with E-state index in [2.05, 4.69) is 18.6 Å². The van der Waals surface area contributed by atoms with E-state index in [0.29, 0.717) is 6.54 Å². The number of benzene rings is 2. The maximum absolute atomic E-state index is 12.5. The van der Waals surface area contributed by atoms with Crippen LogP contribution in [-0.2, 0) is 10.0 Å². The first-order chi connectivity index (χ1) is 12.5. The van der Waals surface area contributed by atoms with Crippen molar-refractivity contribution in [3.05, 3.63) is 36.4 Å². The molecule has 0 saturated carbocycles. The molecule has 0 spiro atoms. The Labute approximate surface area is 157 Å². The van der Waals surface area contributed by atoms with Gasteiger partial charge in [-0.15, -0.1) is 0 Å². The van der Waals surface area contributed by atoms with Gasteiger partial charge in [-0.1, -0.05) is 76.6 Å². The lowest BCUT2D eigenvalue weighted by molar-refractivity contribution is 0.404. The highest BCUT2D eigenvalue weighted by molar-refractivity contribution is 7.89. The lowest BCUT2D eigenvalue weighted by atomic mass is 9.94. The van der Waals surface area contributed by atoms with E-state index in [4.69, 9.17) is 0 Å². The van der Waals surface area contributed by atoms with Crippen LogP contribution in [0.25, 0.3) is 10.8 Å². The van der Waals surface area contributed by atoms with Gasteiger partial charge in [-0.25, -0.2) is 13.1 Å². The second kappa shape index (κ2) is 9.93. The Kier molecular flexibility index (Phi) is 7.91. The van der Waals surface area contributed by atoms with Crippen molar-refractivity contribution < 1.29 is 13.5 Å². The quantitative estimate of drug-likeness (QED) is 0.528. The summed E-state index contributed by atoms with van der Waals surface area (Å²) in [6, 6.07) is 10.4. The average molecular weight is 378 g/mol. The molecule has 4 nitrogen and oxygen atoms in total. The van der Waals surface area contributed by atoms with Crippen LogP contribution in [0.4, 0.5) is 0 Å². The van der Waals surface area contributed by atoms with Crippen LogP contribution in [-0.4, -0.2) is 20.1 Å². The summed E-state index contributed by atoms with van der Waals surface area (Å²) in [5.74, 6) is 0.540. The topological polar surface area (TPSA) is 66.4 Å². The van der Waals surface area contributed by atoms with Crippen LogP contribution in [0.3, 0.4) is 0 Å². The van der Waals surface area contributed by atoms with Gasteiger partial charge >= 0.3 is 0 Å². The van der Waals surface area contributed by atoms with Gasteiger partial charge in [0.05, 0.1) is 0 Å². The van der Waals surface area contributed by atoms with Crippen LogP contribution in [0.1, 0.15) is 58.8 Å². The van der Waals surface area contributed by atoms with Crippen LogP contribution >= 0.6 is 0 Å². The third kappa shape index (κ3) is 5.71. The lowest BCUT2D eigenvalue weighted by Crippen LogP contribution is -2.25. The molecule has 0 saturated heterocycles. The molecule has 0 heterocycles. The monoisotopic (exact) mass is 377 g/mol. The van der Waals surface area contributed by atoms with E-state index >= 15 is 0 Å². The largest absolute Gasteiger partial charge is 0.507 e. The third-order valence-electron chi connectivity index (χ3n) is 4.99. The second-order valence-corrected chi connectivity index (χ2v) is 8.71. The van der Waals surface area contributed by atoms with E-state index in [1.54, 1.807) is 0 Å². The van der Waals surface area contributed by atoms with E-state index < -0.39 is 10.0 Å². The minimum absolute atomic E-state index is 0.0504. The molecule has 26 heavy (non-hydrogen) atoms. The van der Waals surface area contributed by atoms with Gasteiger partial charge < -0.3 is 5.11 Å². The number of hydrogen-bond acceptors (Lipinski definition) is 3. The first kappa shape index (κ1) is 20.7. The van der Waals surface area contributed by atoms with Crippen molar-refractivity contribution in [2.24, 2.45) is 5.92 Å². The van der Waals surface area contributed by atoms with E-state index in [-0.39, 0.29) is 10.6 Å². The molecule has 2 N–H and O–H groups in total. The zero-order chi connectivity index (χ0) is 19.0. The fourth-order valence-corrected chi connectivity index (χ4v) is 4.50. The first-order valence-electron chi connectivity index (χ1n) is 9.69. The van der Waals surface area contributed by atoms with Crippen molar-refractivity contribution in [2.45, 2.75) is 63.7 Å². The van der Waals surface area contributed by atoms with Crippen molar-refractivity contribution in [3.63, 3.8) is 0 Å². The molecule has 0 aliphatic rings. The van der Waals surface area contributed by atoms with Crippen molar-refractivity contribution >= 4 is 20.8 Å². The van der Waals surface area contributed by atoms with Gasteiger partial charge in [-0.3, -0.25) is 0 Å². The number of fused-ring (bicyclic) bond motifs is 1. The molecule has 1 unspecified atom stereocenters. The Morgan fingerprint density at radius 1 is 1.00 bits per heavy atom. The van der Waals surface area contributed by atoms with Gasteiger partial charge in [0.2, 0.25) is 10.0 Å². The van der Waals surface area contributed by atoms with E-state index in [9.17, 15) is 13.5 Å². The molecular formula is C21H31NO3S. The Hall–Kier alpha value is -1.59. The predicted octanol–water partition coefficient (Wildman–Crippen LogP) is 5.21. The smallest absolute Gasteiger partial charge is 0.244 e. The van der Waals surface area contributed by atoms with Crippen molar-refractivity contribution in [1.29, 1.82) is 0 Å². The summed E-state index contributed by atoms with van der Waals surface area (Å²) in [6.07, 6.45) is 7.95. The maximum atomic E-state index is 12.5. The minimum atomic E-state index is -3.70. The molecular weight excluding hydrogens is 346 g/mol. The molecule has 1 atom stereocenters. The zero-order valence-electron chi connectivity index (χ0n) is 15.9. The molecule has 2 aromatic rings. The molecule has 0 fully saturated rings. The van der Waals surface area contributed by atoms with Crippen molar-refractivity contribution in [1.82, 2.24) is 4.72 Å². The molecule has 2 rings (SSSR count). The minimum Gasteiger partial charge on any atom is -0.507 e. The van der Waals surface area contributed by atoms with Gasteiger partial charge in [0, 0.05) is 6.54 Å². The van der Waals surface area contributed by atoms with Gasteiger partial charge in [0.25, 0.3) is 0 Å². The van der Waals surface area contributed by atoms with Gasteiger partial charge in [-0.2, -0.15) is 0 Å². The van der Waals surface area contributed by atoms with Crippen LogP contribution < -0.4 is 4.72 Å². The Bertz CT molecular complexity index is 802. The molecule has 0 bridgehead atoms. The Balaban J connectivity index is 1.90. The third-order valence-corrected chi connectivity index (χ3v) is 6.48. The molecule has 0 amide bonds. The number of hydrogen-bond donors (Lipinski definition) is 2. The Morgan fingerprint density at radius 3 is 2.31 bits per heavy atom. The number of unbranched alkanes of at least 4 members (excludes halogenated alkanes) is 2. The predicted molar refractivity (Wildman–Crippen MR) is 108 cm³/mol. The zero-order valence-corrected chi connectivity index (χ0v) is 16.7. The Morgan fingerprint density at radius 2 is 1.65 bits per heavy atom. The summed E-state index contributed by atoms with van der Waals surface area (Å²) in [7, 11) is -3.70. The van der Waals surface area contributed by atoms with E-state index in [1.165, 1.54) is 37.8 Å². The van der Waals surface area contributed by atoms with Crippen molar-refractivity contribution in [3.8, 4) is 5.75 Å². The summed E-state index contributed by atoms with van der Waals surface area (Å²) in [5, 5.41) is 11.7. The standard InChI is InChI=1S/C21H31NO3S/c1-3-5-10-17(4-2)11-8-9-14-22-26(24,25)21-16-19-13-7-6-12-18(19)15-20(21)23/h6-7,12-13,15-17,22-23H,3-5,8-11,14H2,1-2H3. The molecule has 5 heteroatoms. The highest BCUT2D eigenvalue weighted by Gasteiger charge is 2.19. The molecule has 0 aliphatic carbocycles. The molecule has 2 aromatic carbocycles. The number of nitrogens with one attached hydrogen (secondary N) is 1. The fraction of sp³-hybridized carbons (Fsp3) is 0.524. The van der Waals surface area contributed by atoms with Gasteiger partial charge in [-0.05, 0) is 35.2 Å². The summed E-state index contributed by atoms with van der Waals surface area (Å²) in [4.78, 5) is -0.0504. The number of rotatable bonds is 11. The van der Waals surface area contributed by atoms with Crippen LogP contribution in [0.5, 0.6) is 5.75 Å². The van der Waals surface area contributed by atoms with Crippen LogP contribution in [0.15, 0.2) is 41.3 Å². The van der Waals surface area contributed by atoms with Gasteiger partial charge in [0.15, 0.2) is 0 Å². The molecule has 0 aromatic heterocycles. The summed E-state index contributed by atoms with van der Waals surface area (Å²) < 4.78 is 27.7. The van der Waals surface area contributed by atoms with E-state index in [1.807, 2.05) is 24.3 Å². The average Bonchev–Trinajstić information content (AvgIpc) is 2.63. The highest BCUT2D eigenvalue weighted by Crippen LogP contribution is 2.28. The molecule has 144 valence electrons. The fourth-order valence-electron chi connectivity index (χ4n) is 3.31. The van der Waals surface area contributed by atoms with E-state index in [0.717, 1.165) is 36.0 Å².